The Balaban J connectivity index is 2.13. The zero-order valence-electron chi connectivity index (χ0n) is 13.8. The van der Waals surface area contributed by atoms with Crippen LogP contribution in [0.5, 0.6) is 0 Å². The molecule has 3 heteroatoms. The number of aromatic nitrogens is 1. The Morgan fingerprint density at radius 3 is 2.21 bits per heavy atom. The minimum absolute atomic E-state index is 0.252. The van der Waals surface area contributed by atoms with E-state index in [2.05, 4.69) is 4.98 Å². The van der Waals surface area contributed by atoms with Crippen molar-refractivity contribution in [3.8, 4) is 11.1 Å². The summed E-state index contributed by atoms with van der Waals surface area (Å²) >= 11 is 0. The Kier molecular flexibility index (Phi) is 3.20. The van der Waals surface area contributed by atoms with Crippen molar-refractivity contribution in [2.45, 2.75) is 20.8 Å². The van der Waals surface area contributed by atoms with E-state index in [1.165, 1.54) is 12.1 Å². The topological polar surface area (TPSA) is 15.8 Å². The van der Waals surface area contributed by atoms with Gasteiger partial charge in [-0.05, 0) is 85.0 Å². The third-order valence-electron chi connectivity index (χ3n) is 4.92. The lowest BCUT2D eigenvalue weighted by Gasteiger charge is -2.13. The highest BCUT2D eigenvalue weighted by Crippen LogP contribution is 2.37. The molecule has 0 saturated carbocycles. The average molecular weight is 321 g/mol. The van der Waals surface area contributed by atoms with Gasteiger partial charge in [0.05, 0.1) is 0 Å². The summed E-state index contributed by atoms with van der Waals surface area (Å²) in [5, 5.41) is 1.81. The van der Waals surface area contributed by atoms with Gasteiger partial charge in [-0.2, -0.15) is 0 Å². The monoisotopic (exact) mass is 321 g/mol. The second-order valence-electron chi connectivity index (χ2n) is 6.37. The number of fused-ring (bicyclic) bond motifs is 3. The molecule has 0 unspecified atom stereocenters. The van der Waals surface area contributed by atoms with E-state index in [-0.39, 0.29) is 11.6 Å². The van der Waals surface area contributed by atoms with Crippen LogP contribution < -0.4 is 0 Å². The van der Waals surface area contributed by atoms with Gasteiger partial charge in [0.25, 0.3) is 0 Å². The number of H-pyrrole nitrogens is 1. The Morgan fingerprint density at radius 2 is 1.42 bits per heavy atom. The molecule has 0 amide bonds. The van der Waals surface area contributed by atoms with Crippen molar-refractivity contribution in [3.05, 3.63) is 70.8 Å². The molecule has 1 N–H and O–H groups in total. The number of hydrogen-bond donors (Lipinski definition) is 1. The van der Waals surface area contributed by atoms with Gasteiger partial charge in [-0.15, -0.1) is 0 Å². The molecule has 0 atom stereocenters. The van der Waals surface area contributed by atoms with Gasteiger partial charge in [0.1, 0.15) is 11.6 Å². The SMILES string of the molecule is Cc1ccc(F)cc1-c1cc2c([nH]c3ccc(F)cc32)c(C)c1C. The van der Waals surface area contributed by atoms with E-state index in [0.29, 0.717) is 0 Å². The maximum absolute atomic E-state index is 13.8. The van der Waals surface area contributed by atoms with E-state index in [9.17, 15) is 8.78 Å². The average Bonchev–Trinajstić information content (AvgIpc) is 2.91. The number of hydrogen-bond acceptors (Lipinski definition) is 0. The van der Waals surface area contributed by atoms with Gasteiger partial charge in [-0.3, -0.25) is 0 Å². The van der Waals surface area contributed by atoms with Crippen LogP contribution in [-0.2, 0) is 0 Å². The summed E-state index contributed by atoms with van der Waals surface area (Å²) in [5.41, 5.74) is 6.99. The Morgan fingerprint density at radius 1 is 0.708 bits per heavy atom. The molecule has 0 radical (unpaired) electrons. The summed E-state index contributed by atoms with van der Waals surface area (Å²) in [5.74, 6) is -0.511. The van der Waals surface area contributed by atoms with Gasteiger partial charge in [0, 0.05) is 21.8 Å². The lowest BCUT2D eigenvalue weighted by atomic mass is 9.91. The van der Waals surface area contributed by atoms with Gasteiger partial charge >= 0.3 is 0 Å². The summed E-state index contributed by atoms with van der Waals surface area (Å²) in [4.78, 5) is 3.38. The van der Waals surface area contributed by atoms with Crippen LogP contribution in [0.4, 0.5) is 8.78 Å². The van der Waals surface area contributed by atoms with Crippen LogP contribution in [-0.4, -0.2) is 4.98 Å². The highest BCUT2D eigenvalue weighted by atomic mass is 19.1. The first-order chi connectivity index (χ1) is 11.5. The maximum atomic E-state index is 13.8. The molecule has 0 aliphatic carbocycles. The molecule has 0 aliphatic rings. The third kappa shape index (κ3) is 2.12. The Hall–Kier alpha value is -2.68. The first-order valence-corrected chi connectivity index (χ1v) is 7.93. The fourth-order valence-corrected chi connectivity index (χ4v) is 3.44. The predicted octanol–water partition coefficient (Wildman–Crippen LogP) is 6.19. The minimum atomic E-state index is -0.259. The molecule has 0 fully saturated rings. The molecule has 0 aliphatic heterocycles. The quantitative estimate of drug-likeness (QED) is 0.430. The molecule has 0 spiro atoms. The number of rotatable bonds is 1. The van der Waals surface area contributed by atoms with Gasteiger partial charge in [0.2, 0.25) is 0 Å². The van der Waals surface area contributed by atoms with Crippen molar-refractivity contribution >= 4 is 21.8 Å². The first-order valence-electron chi connectivity index (χ1n) is 7.93. The molecule has 0 bridgehead atoms. The van der Waals surface area contributed by atoms with Crippen LogP contribution in [0.15, 0.2) is 42.5 Å². The van der Waals surface area contributed by atoms with Gasteiger partial charge in [-0.25, -0.2) is 8.78 Å². The standard InChI is InChI=1S/C21H17F2N/c1-11-4-5-14(22)8-16(11)17-10-19-18-9-15(23)6-7-20(18)24-21(19)13(3)12(17)2/h4-10,24H,1-3H3. The van der Waals surface area contributed by atoms with Gasteiger partial charge in [0.15, 0.2) is 0 Å². The van der Waals surface area contributed by atoms with E-state index >= 15 is 0 Å². The molecule has 24 heavy (non-hydrogen) atoms. The van der Waals surface area contributed by atoms with Crippen LogP contribution in [0, 0.1) is 32.4 Å². The molecule has 1 aromatic heterocycles. The van der Waals surface area contributed by atoms with Gasteiger partial charge < -0.3 is 4.98 Å². The van der Waals surface area contributed by atoms with Crippen LogP contribution in [0.25, 0.3) is 32.9 Å². The first kappa shape index (κ1) is 14.9. The van der Waals surface area contributed by atoms with E-state index < -0.39 is 0 Å². The van der Waals surface area contributed by atoms with Crippen LogP contribution in [0.2, 0.25) is 0 Å². The van der Waals surface area contributed by atoms with Crippen LogP contribution >= 0.6 is 0 Å². The van der Waals surface area contributed by atoms with Crippen LogP contribution in [0.1, 0.15) is 16.7 Å². The number of aromatic amines is 1. The maximum Gasteiger partial charge on any atom is 0.123 e. The van der Waals surface area contributed by atoms with Crippen molar-refractivity contribution in [1.82, 2.24) is 4.98 Å². The molecule has 1 heterocycles. The number of aryl methyl sites for hydroxylation is 2. The Labute approximate surface area is 138 Å². The van der Waals surface area contributed by atoms with Crippen molar-refractivity contribution in [2.24, 2.45) is 0 Å². The molecule has 0 saturated heterocycles. The molecule has 4 rings (SSSR count). The van der Waals surface area contributed by atoms with Crippen molar-refractivity contribution in [3.63, 3.8) is 0 Å². The summed E-state index contributed by atoms with van der Waals surface area (Å²) in [6.07, 6.45) is 0. The van der Waals surface area contributed by atoms with E-state index in [1.807, 2.05) is 26.8 Å². The summed E-state index contributed by atoms with van der Waals surface area (Å²) in [6.45, 7) is 6.06. The zero-order valence-corrected chi connectivity index (χ0v) is 13.8. The fourth-order valence-electron chi connectivity index (χ4n) is 3.44. The summed E-state index contributed by atoms with van der Waals surface area (Å²) in [7, 11) is 0. The van der Waals surface area contributed by atoms with Crippen molar-refractivity contribution in [1.29, 1.82) is 0 Å². The summed E-state index contributed by atoms with van der Waals surface area (Å²) in [6, 6.07) is 11.6. The third-order valence-corrected chi connectivity index (χ3v) is 4.92. The molecular weight excluding hydrogens is 304 g/mol. The summed E-state index contributed by atoms with van der Waals surface area (Å²) < 4.78 is 27.5. The zero-order chi connectivity index (χ0) is 17.0. The molecule has 4 aromatic rings. The van der Waals surface area contributed by atoms with E-state index in [0.717, 1.165) is 49.6 Å². The minimum Gasteiger partial charge on any atom is -0.354 e. The number of nitrogens with one attached hydrogen (secondary N) is 1. The molecular formula is C21H17F2N. The van der Waals surface area contributed by atoms with Crippen molar-refractivity contribution in [2.75, 3.05) is 0 Å². The number of halogens is 2. The van der Waals surface area contributed by atoms with E-state index in [1.54, 1.807) is 24.3 Å². The predicted molar refractivity (Wildman–Crippen MR) is 95.4 cm³/mol. The molecule has 3 aromatic carbocycles. The number of benzene rings is 3. The highest BCUT2D eigenvalue weighted by Gasteiger charge is 2.15. The second-order valence-corrected chi connectivity index (χ2v) is 6.37. The van der Waals surface area contributed by atoms with Crippen molar-refractivity contribution < 1.29 is 8.78 Å². The normalized spacial score (nSPS) is 11.5. The highest BCUT2D eigenvalue weighted by molar-refractivity contribution is 6.10. The lowest BCUT2D eigenvalue weighted by molar-refractivity contribution is 0.628. The second kappa shape index (κ2) is 5.17. The largest absolute Gasteiger partial charge is 0.354 e. The smallest absolute Gasteiger partial charge is 0.123 e. The lowest BCUT2D eigenvalue weighted by Crippen LogP contribution is -1.92. The van der Waals surface area contributed by atoms with Gasteiger partial charge in [-0.1, -0.05) is 6.07 Å². The van der Waals surface area contributed by atoms with Crippen LogP contribution in [0.3, 0.4) is 0 Å². The molecule has 1 nitrogen and oxygen atoms in total. The van der Waals surface area contributed by atoms with E-state index in [4.69, 9.17) is 0 Å². The molecule has 120 valence electrons. The fraction of sp³-hybridized carbons (Fsp3) is 0.143. The Bertz CT molecular complexity index is 1110.